The van der Waals surface area contributed by atoms with Crippen molar-refractivity contribution < 1.29 is 23.4 Å². The van der Waals surface area contributed by atoms with E-state index in [2.05, 4.69) is 0 Å². The highest BCUT2D eigenvalue weighted by atomic mass is 31.2. The molecule has 0 saturated heterocycles. The molecule has 0 aromatic carbocycles. The third kappa shape index (κ3) is 13.0. The number of allylic oxidation sites excluding steroid dienone is 2. The summed E-state index contributed by atoms with van der Waals surface area (Å²) in [5.74, 6) is 0. The normalized spacial score (nSPS) is 16.0. The van der Waals surface area contributed by atoms with Crippen LogP contribution in [0.2, 0.25) is 0 Å². The van der Waals surface area contributed by atoms with Crippen LogP contribution in [0.3, 0.4) is 0 Å². The van der Waals surface area contributed by atoms with Gasteiger partial charge in [-0.15, -0.1) is 0 Å². The van der Waals surface area contributed by atoms with E-state index in [0.717, 1.165) is 0 Å². The van der Waals surface area contributed by atoms with Crippen LogP contribution in [0.25, 0.3) is 0 Å². The Hall–Kier alpha value is 0.0800. The first-order chi connectivity index (χ1) is 11.4. The zero-order valence-electron chi connectivity index (χ0n) is 20.2. The Bertz CT molecular complexity index is 517. The van der Waals surface area contributed by atoms with Crippen molar-refractivity contribution in [2.24, 2.45) is 0 Å². The maximum absolute atomic E-state index is 11.8. The van der Waals surface area contributed by atoms with E-state index in [1.807, 2.05) is 26.0 Å². The average Bonchev–Trinajstić information content (AvgIpc) is 2.33. The minimum Gasteiger partial charge on any atom is -0.344 e. The van der Waals surface area contributed by atoms with Crippen molar-refractivity contribution >= 4 is 15.0 Å². The van der Waals surface area contributed by atoms with Crippen molar-refractivity contribution in [1.29, 1.82) is 0 Å². The fourth-order valence-corrected chi connectivity index (χ4v) is 4.54. The summed E-state index contributed by atoms with van der Waals surface area (Å²) < 4.78 is 28.5. The summed E-state index contributed by atoms with van der Waals surface area (Å²) in [5, 5.41) is -1.73. The predicted octanol–water partition coefficient (Wildman–Crippen LogP) is 7.22. The third-order valence-corrected chi connectivity index (χ3v) is 9.52. The molecule has 1 unspecified atom stereocenters. The minimum absolute atomic E-state index is 0.509. The molecular formula is C20H46O5P2. The van der Waals surface area contributed by atoms with E-state index >= 15 is 0 Å². The van der Waals surface area contributed by atoms with Gasteiger partial charge < -0.3 is 14.3 Å². The first-order valence-electron chi connectivity index (χ1n) is 9.31. The van der Waals surface area contributed by atoms with Gasteiger partial charge in [-0.3, -0.25) is 9.13 Å². The van der Waals surface area contributed by atoms with Gasteiger partial charge in [0.25, 0.3) is 0 Å². The predicted molar refractivity (Wildman–Crippen MR) is 120 cm³/mol. The van der Waals surface area contributed by atoms with Gasteiger partial charge in [0.05, 0.1) is 10.8 Å². The quantitative estimate of drug-likeness (QED) is 0.340. The Kier molecular flexibility index (Phi) is 12.6. The van der Waals surface area contributed by atoms with Crippen molar-refractivity contribution in [2.75, 3.05) is 0 Å². The van der Waals surface area contributed by atoms with Crippen molar-refractivity contribution in [1.82, 2.24) is 0 Å². The summed E-state index contributed by atoms with van der Waals surface area (Å²) in [6, 6.07) is 0. The van der Waals surface area contributed by atoms with Gasteiger partial charge in [-0.1, -0.05) is 53.7 Å². The molecule has 0 spiro atoms. The molecule has 0 heterocycles. The Morgan fingerprint density at radius 3 is 0.926 bits per heavy atom. The molecule has 0 amide bonds. The minimum atomic E-state index is -3.50. The van der Waals surface area contributed by atoms with E-state index in [1.54, 1.807) is 83.1 Å². The third-order valence-electron chi connectivity index (χ3n) is 3.40. The van der Waals surface area contributed by atoms with Gasteiger partial charge in [0.1, 0.15) is 0 Å². The van der Waals surface area contributed by atoms with Crippen molar-refractivity contribution in [2.45, 2.75) is 118 Å². The van der Waals surface area contributed by atoms with Crippen LogP contribution < -0.4 is 0 Å². The Balaban J connectivity index is -0.000000357. The molecule has 0 aromatic heterocycles. The van der Waals surface area contributed by atoms with E-state index in [4.69, 9.17) is 4.52 Å². The summed E-state index contributed by atoms with van der Waals surface area (Å²) in [7, 11) is -6.56. The smallest absolute Gasteiger partial charge is 0.333 e. The molecule has 0 radical (unpaired) electrons. The molecule has 27 heavy (non-hydrogen) atoms. The summed E-state index contributed by atoms with van der Waals surface area (Å²) in [4.78, 5) is 19.3. The van der Waals surface area contributed by atoms with E-state index in [9.17, 15) is 18.9 Å². The van der Waals surface area contributed by atoms with Gasteiger partial charge in [0.2, 0.25) is 7.37 Å². The Morgan fingerprint density at radius 2 is 0.889 bits per heavy atom. The van der Waals surface area contributed by atoms with Crippen LogP contribution in [0.1, 0.15) is 96.9 Å². The highest BCUT2D eigenvalue weighted by Gasteiger charge is 2.44. The van der Waals surface area contributed by atoms with Crippen LogP contribution in [0.15, 0.2) is 12.2 Å². The highest BCUT2D eigenvalue weighted by molar-refractivity contribution is 7.61. The molecule has 1 atom stereocenters. The maximum atomic E-state index is 11.8. The lowest BCUT2D eigenvalue weighted by atomic mass is 10.2. The Morgan fingerprint density at radius 1 is 0.630 bits per heavy atom. The fraction of sp³-hybridized carbons (Fsp3) is 0.900. The van der Waals surface area contributed by atoms with Gasteiger partial charge in [0, 0.05) is 10.3 Å². The first kappa shape index (κ1) is 31.8. The van der Waals surface area contributed by atoms with E-state index in [0.29, 0.717) is 0 Å². The van der Waals surface area contributed by atoms with Gasteiger partial charge in [-0.2, -0.15) is 0 Å². The number of hydrogen-bond acceptors (Lipinski definition) is 3. The largest absolute Gasteiger partial charge is 0.344 e. The van der Waals surface area contributed by atoms with Crippen LogP contribution in [-0.2, 0) is 13.7 Å². The fourth-order valence-electron chi connectivity index (χ4n) is 1.51. The molecule has 0 fully saturated rings. The molecule has 2 N–H and O–H groups in total. The molecule has 7 heteroatoms. The molecular weight excluding hydrogens is 382 g/mol. The SMILES string of the molecule is CC(C)(C)OP(=O)(O)C(C)(C)C.CC(C)(C)P(=O)(O)C(C)(C)C.CC=CC. The first-order valence-corrected chi connectivity index (χ1v) is 12.5. The van der Waals surface area contributed by atoms with Crippen LogP contribution in [0.4, 0.5) is 0 Å². The molecule has 0 aliphatic heterocycles. The molecule has 0 saturated carbocycles. The van der Waals surface area contributed by atoms with Crippen molar-refractivity contribution in [3.8, 4) is 0 Å². The lowest BCUT2D eigenvalue weighted by Gasteiger charge is -2.35. The Labute approximate surface area is 169 Å². The molecule has 0 bridgehead atoms. The monoisotopic (exact) mass is 428 g/mol. The summed E-state index contributed by atoms with van der Waals surface area (Å²) in [6.45, 7) is 25.2. The molecule has 5 nitrogen and oxygen atoms in total. The van der Waals surface area contributed by atoms with Crippen LogP contribution in [0, 0.1) is 0 Å². The van der Waals surface area contributed by atoms with Crippen LogP contribution >= 0.6 is 15.0 Å². The lowest BCUT2D eigenvalue weighted by molar-refractivity contribution is 0.103. The zero-order chi connectivity index (χ0) is 23.1. The summed E-state index contributed by atoms with van der Waals surface area (Å²) >= 11 is 0. The molecule has 0 rings (SSSR count). The molecule has 0 aromatic rings. The van der Waals surface area contributed by atoms with Crippen LogP contribution in [-0.4, -0.2) is 30.9 Å². The molecule has 166 valence electrons. The molecule has 0 aliphatic carbocycles. The summed E-state index contributed by atoms with van der Waals surface area (Å²) in [6.07, 6.45) is 4.00. The average molecular weight is 429 g/mol. The number of hydrogen-bond donors (Lipinski definition) is 2. The number of rotatable bonds is 1. The van der Waals surface area contributed by atoms with Gasteiger partial charge in [-0.25, -0.2) is 0 Å². The maximum Gasteiger partial charge on any atom is 0.333 e. The van der Waals surface area contributed by atoms with Crippen molar-refractivity contribution in [3.63, 3.8) is 0 Å². The summed E-state index contributed by atoms with van der Waals surface area (Å²) in [5.41, 5.74) is -0.572. The second-order valence-corrected chi connectivity index (χ2v) is 16.9. The second kappa shape index (κ2) is 10.7. The van der Waals surface area contributed by atoms with E-state index in [1.165, 1.54) is 0 Å². The van der Waals surface area contributed by atoms with Gasteiger partial charge in [0.15, 0.2) is 0 Å². The zero-order valence-corrected chi connectivity index (χ0v) is 22.0. The molecule has 0 aliphatic rings. The van der Waals surface area contributed by atoms with Gasteiger partial charge >= 0.3 is 7.60 Å². The van der Waals surface area contributed by atoms with Gasteiger partial charge in [-0.05, 0) is 55.4 Å². The van der Waals surface area contributed by atoms with Crippen molar-refractivity contribution in [3.05, 3.63) is 12.2 Å². The highest BCUT2D eigenvalue weighted by Crippen LogP contribution is 2.63. The topological polar surface area (TPSA) is 83.8 Å². The van der Waals surface area contributed by atoms with E-state index < -0.39 is 36.0 Å². The second-order valence-electron chi connectivity index (χ2n) is 10.5. The van der Waals surface area contributed by atoms with E-state index in [-0.39, 0.29) is 0 Å². The lowest BCUT2D eigenvalue weighted by Crippen LogP contribution is -2.28. The van der Waals surface area contributed by atoms with Crippen LogP contribution in [0.5, 0.6) is 0 Å². The standard InChI is InChI=1S/C8H19O3P.C8H19O2P.C4H8/c1-7(2,3)11-12(9,10)8(4,5)6;1-7(2,3)11(9,10)8(4,5)6;1-3-4-2/h1-6H3,(H,9,10);1-6H3,(H,9,10);3-4H,1-2H3.